The van der Waals surface area contributed by atoms with Crippen molar-refractivity contribution in [3.63, 3.8) is 0 Å². The van der Waals surface area contributed by atoms with Crippen molar-refractivity contribution in [3.05, 3.63) is 76.8 Å². The number of allylic oxidation sites excluding steroid dienone is 2. The maximum atomic E-state index is 13.0. The van der Waals surface area contributed by atoms with Gasteiger partial charge in [0.25, 0.3) is 0 Å². The number of ether oxygens (including phenoxy) is 2. The van der Waals surface area contributed by atoms with Crippen LogP contribution in [0.25, 0.3) is 0 Å². The van der Waals surface area contributed by atoms with Crippen LogP contribution in [-0.4, -0.2) is 39.4 Å². The quantitative estimate of drug-likeness (QED) is 0.527. The van der Waals surface area contributed by atoms with Crippen molar-refractivity contribution in [1.82, 2.24) is 14.8 Å². The molecule has 8 nitrogen and oxygen atoms in total. The molecule has 2 aromatic carbocycles. The summed E-state index contributed by atoms with van der Waals surface area (Å²) >= 11 is 0. The van der Waals surface area contributed by atoms with E-state index in [4.69, 9.17) is 14.6 Å². The Labute approximate surface area is 198 Å². The molecule has 1 aromatic heterocycles. The zero-order valence-corrected chi connectivity index (χ0v) is 19.2. The minimum absolute atomic E-state index is 0.0790. The molecule has 0 amide bonds. The number of fused-ring (bicyclic) bond motifs is 1. The molecular formula is C26H28N4O4. The molecule has 176 valence electrons. The van der Waals surface area contributed by atoms with Crippen molar-refractivity contribution in [1.29, 1.82) is 0 Å². The van der Waals surface area contributed by atoms with E-state index < -0.39 is 6.04 Å². The van der Waals surface area contributed by atoms with Gasteiger partial charge in [-0.1, -0.05) is 36.4 Å². The topological polar surface area (TPSA) is 98.5 Å². The summed E-state index contributed by atoms with van der Waals surface area (Å²) < 4.78 is 13.5. The third-order valence-corrected chi connectivity index (χ3v) is 6.21. The summed E-state index contributed by atoms with van der Waals surface area (Å²) in [6.45, 7) is 0.509. The average molecular weight is 461 g/mol. The number of aliphatic hydroxyl groups excluding tert-OH is 1. The van der Waals surface area contributed by atoms with Gasteiger partial charge in [0.05, 0.1) is 7.11 Å². The van der Waals surface area contributed by atoms with Gasteiger partial charge in [0.1, 0.15) is 12.6 Å². The molecule has 1 atom stereocenters. The lowest BCUT2D eigenvalue weighted by Gasteiger charge is -2.32. The molecule has 1 unspecified atom stereocenters. The first-order valence-electron chi connectivity index (χ1n) is 11.6. The van der Waals surface area contributed by atoms with Gasteiger partial charge in [-0.25, -0.2) is 4.68 Å². The number of carbonyl (C=O) groups excluding carboxylic acids is 1. The highest BCUT2D eigenvalue weighted by Crippen LogP contribution is 2.42. The Hall–Kier alpha value is -3.65. The van der Waals surface area contributed by atoms with Gasteiger partial charge in [0.15, 0.2) is 23.1 Å². The second kappa shape index (κ2) is 9.69. The molecule has 0 saturated carbocycles. The van der Waals surface area contributed by atoms with Crippen molar-refractivity contribution in [2.24, 2.45) is 0 Å². The van der Waals surface area contributed by atoms with Crippen molar-refractivity contribution in [2.75, 3.05) is 19.0 Å². The number of Topliss-reactive ketones (excluding diaryl/α,β-unsaturated/α-hetero) is 1. The first kappa shape index (κ1) is 22.2. The summed E-state index contributed by atoms with van der Waals surface area (Å²) in [6.07, 6.45) is 3.29. The molecule has 0 bridgehead atoms. The first-order chi connectivity index (χ1) is 16.7. The van der Waals surface area contributed by atoms with Gasteiger partial charge in [-0.3, -0.25) is 4.79 Å². The Morgan fingerprint density at radius 1 is 1.15 bits per heavy atom. The number of ketones is 1. The number of rotatable bonds is 8. The fraction of sp³-hybridized carbons (Fsp3) is 0.346. The van der Waals surface area contributed by atoms with Crippen LogP contribution in [0.15, 0.2) is 59.8 Å². The van der Waals surface area contributed by atoms with E-state index in [9.17, 15) is 9.90 Å². The summed E-state index contributed by atoms with van der Waals surface area (Å²) in [6, 6.07) is 15.3. The number of anilines is 1. The van der Waals surface area contributed by atoms with Crippen LogP contribution < -0.4 is 14.8 Å². The molecule has 3 aromatic rings. The summed E-state index contributed by atoms with van der Waals surface area (Å²) in [5.41, 5.74) is 3.60. The van der Waals surface area contributed by atoms with Gasteiger partial charge < -0.3 is 19.9 Å². The molecule has 1 aliphatic heterocycles. The molecule has 0 radical (unpaired) electrons. The monoisotopic (exact) mass is 460 g/mol. The summed E-state index contributed by atoms with van der Waals surface area (Å²) in [4.78, 5) is 17.7. The van der Waals surface area contributed by atoms with E-state index in [1.807, 2.05) is 48.5 Å². The summed E-state index contributed by atoms with van der Waals surface area (Å²) in [5.74, 6) is 2.62. The van der Waals surface area contributed by atoms with Gasteiger partial charge >= 0.3 is 0 Å². The molecule has 2 heterocycles. The number of hydrogen-bond acceptors (Lipinski definition) is 7. The Balaban J connectivity index is 1.51. The Kier molecular flexibility index (Phi) is 6.31. The lowest BCUT2D eigenvalue weighted by atomic mass is 9.85. The molecule has 8 heteroatoms. The Morgan fingerprint density at radius 2 is 2.00 bits per heavy atom. The van der Waals surface area contributed by atoms with Crippen LogP contribution in [0, 0.1) is 0 Å². The molecule has 5 rings (SSSR count). The van der Waals surface area contributed by atoms with E-state index in [1.54, 1.807) is 11.8 Å². The van der Waals surface area contributed by atoms with Crippen LogP contribution in [0.4, 0.5) is 5.95 Å². The fourth-order valence-electron chi connectivity index (χ4n) is 4.56. The zero-order valence-electron chi connectivity index (χ0n) is 19.2. The van der Waals surface area contributed by atoms with Crippen molar-refractivity contribution in [2.45, 2.75) is 44.8 Å². The van der Waals surface area contributed by atoms with Gasteiger partial charge in [0, 0.05) is 30.7 Å². The third-order valence-electron chi connectivity index (χ3n) is 6.21. The van der Waals surface area contributed by atoms with Crippen LogP contribution in [0.5, 0.6) is 11.5 Å². The smallest absolute Gasteiger partial charge is 0.226 e. The number of carbonyl (C=O) groups is 1. The minimum atomic E-state index is -0.397. The summed E-state index contributed by atoms with van der Waals surface area (Å²) in [5, 5.41) is 17.2. The van der Waals surface area contributed by atoms with E-state index in [0.29, 0.717) is 49.1 Å². The van der Waals surface area contributed by atoms with Crippen LogP contribution in [0.1, 0.15) is 48.7 Å². The molecule has 0 fully saturated rings. The number of aliphatic hydroxyl groups is 1. The van der Waals surface area contributed by atoms with E-state index in [0.717, 1.165) is 35.2 Å². The highest BCUT2D eigenvalue weighted by atomic mass is 16.5. The standard InChI is InChI=1S/C26H28N4O4/c1-33-22-15-18(12-13-21(22)34-16-17-7-3-2-4-8-17)25-24-19(9-5-10-20(24)32)27-26-28-23(11-6-14-31)29-30(25)26/h2-4,7-8,12-13,15,25,31H,5-6,9-11,14,16H2,1H3,(H,27,28,29). The second-order valence-electron chi connectivity index (χ2n) is 8.50. The van der Waals surface area contributed by atoms with Gasteiger partial charge in [-0.05, 0) is 42.5 Å². The largest absolute Gasteiger partial charge is 0.493 e. The molecule has 34 heavy (non-hydrogen) atoms. The number of aromatic nitrogens is 3. The Bertz CT molecular complexity index is 1220. The van der Waals surface area contributed by atoms with Crippen molar-refractivity contribution < 1.29 is 19.4 Å². The average Bonchev–Trinajstić information content (AvgIpc) is 3.28. The van der Waals surface area contributed by atoms with E-state index in [-0.39, 0.29) is 12.4 Å². The zero-order chi connectivity index (χ0) is 23.5. The second-order valence-corrected chi connectivity index (χ2v) is 8.50. The first-order valence-corrected chi connectivity index (χ1v) is 11.6. The van der Waals surface area contributed by atoms with Crippen LogP contribution in [0.2, 0.25) is 0 Å². The number of hydrogen-bond donors (Lipinski definition) is 2. The van der Waals surface area contributed by atoms with Gasteiger partial charge in [-0.15, -0.1) is 0 Å². The van der Waals surface area contributed by atoms with E-state index >= 15 is 0 Å². The third kappa shape index (κ3) is 4.28. The van der Waals surface area contributed by atoms with Crippen molar-refractivity contribution in [3.8, 4) is 11.5 Å². The highest BCUT2D eigenvalue weighted by Gasteiger charge is 2.37. The van der Waals surface area contributed by atoms with E-state index in [2.05, 4.69) is 10.3 Å². The number of aryl methyl sites for hydroxylation is 1. The number of nitrogens with zero attached hydrogens (tertiary/aromatic N) is 3. The van der Waals surface area contributed by atoms with Gasteiger partial charge in [0.2, 0.25) is 5.95 Å². The predicted molar refractivity (Wildman–Crippen MR) is 127 cm³/mol. The summed E-state index contributed by atoms with van der Waals surface area (Å²) in [7, 11) is 1.61. The minimum Gasteiger partial charge on any atom is -0.493 e. The van der Waals surface area contributed by atoms with Crippen LogP contribution >= 0.6 is 0 Å². The molecule has 0 spiro atoms. The lowest BCUT2D eigenvalue weighted by Crippen LogP contribution is -2.31. The van der Waals surface area contributed by atoms with Crippen LogP contribution in [-0.2, 0) is 17.8 Å². The molecule has 1 aliphatic carbocycles. The Morgan fingerprint density at radius 3 is 2.79 bits per heavy atom. The van der Waals surface area contributed by atoms with Crippen molar-refractivity contribution >= 4 is 11.7 Å². The number of benzene rings is 2. The SMILES string of the molecule is COc1cc(C2C3=C(CCCC3=O)Nc3nc(CCCO)nn32)ccc1OCc1ccccc1. The molecule has 0 saturated heterocycles. The number of methoxy groups -OCH3 is 1. The fourth-order valence-corrected chi connectivity index (χ4v) is 4.56. The maximum Gasteiger partial charge on any atom is 0.226 e. The predicted octanol–water partition coefficient (Wildman–Crippen LogP) is 3.81. The maximum absolute atomic E-state index is 13.0. The highest BCUT2D eigenvalue weighted by molar-refractivity contribution is 5.99. The molecule has 2 N–H and O–H groups in total. The van der Waals surface area contributed by atoms with Crippen LogP contribution in [0.3, 0.4) is 0 Å². The molecule has 2 aliphatic rings. The normalized spacial score (nSPS) is 17.1. The van der Waals surface area contributed by atoms with Gasteiger partial charge in [-0.2, -0.15) is 10.1 Å². The van der Waals surface area contributed by atoms with E-state index in [1.165, 1.54) is 0 Å². The molecular weight excluding hydrogens is 432 g/mol. The number of nitrogens with one attached hydrogen (secondary N) is 1. The lowest BCUT2D eigenvalue weighted by molar-refractivity contribution is -0.116.